The van der Waals surface area contributed by atoms with Gasteiger partial charge in [-0.05, 0) is 30.3 Å². The summed E-state index contributed by atoms with van der Waals surface area (Å²) in [4.78, 5) is 24.2. The number of halogens is 3. The predicted octanol–water partition coefficient (Wildman–Crippen LogP) is 3.79. The zero-order valence-corrected chi connectivity index (χ0v) is 13.4. The average molecular weight is 396 g/mol. The minimum Gasteiger partial charge on any atom is -0.506 e. The van der Waals surface area contributed by atoms with E-state index in [0.717, 1.165) is 12.1 Å². The average Bonchev–Trinajstić information content (AvgIpc) is 2.49. The van der Waals surface area contributed by atoms with Crippen LogP contribution in [0, 0.1) is 11.6 Å². The van der Waals surface area contributed by atoms with Gasteiger partial charge in [0.25, 0.3) is 5.91 Å². The third kappa shape index (κ3) is 2.88. The molecule has 1 aromatic heterocycles. The smallest absolute Gasteiger partial charge is 0.353 e. The minimum absolute atomic E-state index is 0.0800. The summed E-state index contributed by atoms with van der Waals surface area (Å²) in [5.74, 6) is -3.49. The van der Waals surface area contributed by atoms with Gasteiger partial charge in [-0.1, -0.05) is 15.9 Å². The van der Waals surface area contributed by atoms with Gasteiger partial charge < -0.3 is 14.8 Å². The molecule has 122 valence electrons. The number of carbonyl (C=O) groups excluding carboxylic acids is 1. The highest BCUT2D eigenvalue weighted by molar-refractivity contribution is 9.10. The van der Waals surface area contributed by atoms with Crippen molar-refractivity contribution in [2.45, 2.75) is 0 Å². The standard InChI is InChI=1S/C16H8BrF2NO4/c17-7-1-3-9-12(5-7)24-16(23)13(14(9)21)15(22)20-11-4-2-8(18)6-10(11)19/h1-6,21H,(H,20,22). The number of nitrogens with one attached hydrogen (secondary N) is 1. The van der Waals surface area contributed by atoms with E-state index in [4.69, 9.17) is 4.42 Å². The van der Waals surface area contributed by atoms with E-state index >= 15 is 0 Å². The van der Waals surface area contributed by atoms with E-state index in [1.54, 1.807) is 6.07 Å². The Kier molecular flexibility index (Phi) is 4.06. The summed E-state index contributed by atoms with van der Waals surface area (Å²) in [6, 6.07) is 7.02. The van der Waals surface area contributed by atoms with Crippen molar-refractivity contribution in [1.29, 1.82) is 0 Å². The molecule has 0 saturated heterocycles. The van der Waals surface area contributed by atoms with Crippen molar-refractivity contribution in [3.8, 4) is 5.75 Å². The molecular formula is C16H8BrF2NO4. The number of hydrogen-bond donors (Lipinski definition) is 2. The summed E-state index contributed by atoms with van der Waals surface area (Å²) in [5.41, 5.74) is -2.01. The third-order valence-electron chi connectivity index (χ3n) is 3.25. The topological polar surface area (TPSA) is 79.5 Å². The molecule has 2 N–H and O–H groups in total. The molecule has 5 nitrogen and oxygen atoms in total. The maximum atomic E-state index is 13.6. The Hall–Kier alpha value is -2.74. The summed E-state index contributed by atoms with van der Waals surface area (Å²) < 4.78 is 32.1. The van der Waals surface area contributed by atoms with Crippen molar-refractivity contribution in [1.82, 2.24) is 0 Å². The number of aromatic hydroxyl groups is 1. The second-order valence-corrected chi connectivity index (χ2v) is 5.75. The van der Waals surface area contributed by atoms with Crippen LogP contribution in [0.25, 0.3) is 11.0 Å². The highest BCUT2D eigenvalue weighted by Crippen LogP contribution is 2.29. The van der Waals surface area contributed by atoms with Gasteiger partial charge in [0.2, 0.25) is 0 Å². The first-order valence-electron chi connectivity index (χ1n) is 6.58. The molecule has 0 spiro atoms. The number of carbonyl (C=O) groups is 1. The van der Waals surface area contributed by atoms with Gasteiger partial charge in [-0.3, -0.25) is 4.79 Å². The molecule has 3 rings (SSSR count). The van der Waals surface area contributed by atoms with Crippen LogP contribution in [0.3, 0.4) is 0 Å². The molecule has 0 radical (unpaired) electrons. The lowest BCUT2D eigenvalue weighted by atomic mass is 10.1. The maximum absolute atomic E-state index is 13.6. The summed E-state index contributed by atoms with van der Waals surface area (Å²) in [7, 11) is 0. The van der Waals surface area contributed by atoms with Crippen LogP contribution in [0.1, 0.15) is 10.4 Å². The van der Waals surface area contributed by atoms with Crippen molar-refractivity contribution in [3.05, 3.63) is 68.5 Å². The molecular weight excluding hydrogens is 388 g/mol. The molecule has 0 fully saturated rings. The zero-order valence-electron chi connectivity index (χ0n) is 11.8. The SMILES string of the molecule is O=C(Nc1ccc(F)cc1F)c1c(O)c2ccc(Br)cc2oc1=O. The van der Waals surface area contributed by atoms with Gasteiger partial charge in [0.05, 0.1) is 11.1 Å². The normalized spacial score (nSPS) is 10.8. The second-order valence-electron chi connectivity index (χ2n) is 4.83. The minimum atomic E-state index is -1.09. The highest BCUT2D eigenvalue weighted by Gasteiger charge is 2.22. The van der Waals surface area contributed by atoms with E-state index in [-0.39, 0.29) is 16.7 Å². The van der Waals surface area contributed by atoms with Crippen molar-refractivity contribution in [2.75, 3.05) is 5.32 Å². The van der Waals surface area contributed by atoms with Crippen LogP contribution < -0.4 is 10.9 Å². The molecule has 0 aliphatic rings. The first kappa shape index (κ1) is 16.1. The van der Waals surface area contributed by atoms with Crippen LogP contribution in [0.15, 0.2) is 50.1 Å². The number of hydrogen-bond acceptors (Lipinski definition) is 4. The van der Waals surface area contributed by atoms with Crippen molar-refractivity contribution < 1.29 is 23.1 Å². The molecule has 0 aliphatic carbocycles. The Balaban J connectivity index is 2.07. The van der Waals surface area contributed by atoms with Gasteiger partial charge in [-0.15, -0.1) is 0 Å². The van der Waals surface area contributed by atoms with Crippen LogP contribution in [0.5, 0.6) is 5.75 Å². The summed E-state index contributed by atoms with van der Waals surface area (Å²) in [6.07, 6.45) is 0. The lowest BCUT2D eigenvalue weighted by molar-refractivity contribution is 0.102. The van der Waals surface area contributed by atoms with Gasteiger partial charge in [-0.25, -0.2) is 13.6 Å². The summed E-state index contributed by atoms with van der Waals surface area (Å²) >= 11 is 3.19. The quantitative estimate of drug-likeness (QED) is 0.646. The lowest BCUT2D eigenvalue weighted by Gasteiger charge is -2.08. The van der Waals surface area contributed by atoms with E-state index < -0.39 is 34.5 Å². The van der Waals surface area contributed by atoms with Gasteiger partial charge >= 0.3 is 5.63 Å². The Morgan fingerprint density at radius 3 is 2.62 bits per heavy atom. The molecule has 24 heavy (non-hydrogen) atoms. The molecule has 8 heteroatoms. The Morgan fingerprint density at radius 2 is 1.92 bits per heavy atom. The maximum Gasteiger partial charge on any atom is 0.353 e. The Morgan fingerprint density at radius 1 is 1.17 bits per heavy atom. The van der Waals surface area contributed by atoms with Crippen molar-refractivity contribution >= 4 is 38.5 Å². The number of amides is 1. The monoisotopic (exact) mass is 395 g/mol. The molecule has 0 unspecified atom stereocenters. The number of rotatable bonds is 2. The molecule has 1 amide bonds. The fourth-order valence-electron chi connectivity index (χ4n) is 2.13. The number of fused-ring (bicyclic) bond motifs is 1. The van der Waals surface area contributed by atoms with Crippen LogP contribution >= 0.6 is 15.9 Å². The second kappa shape index (κ2) is 6.04. The van der Waals surface area contributed by atoms with E-state index in [1.807, 2.05) is 0 Å². The predicted molar refractivity (Wildman–Crippen MR) is 86.2 cm³/mol. The summed E-state index contributed by atoms with van der Waals surface area (Å²) in [6.45, 7) is 0. The molecule has 1 heterocycles. The Bertz CT molecular complexity index is 1030. The molecule has 2 aromatic carbocycles. The molecule has 0 aliphatic heterocycles. The van der Waals surface area contributed by atoms with Crippen LogP contribution in [-0.2, 0) is 0 Å². The highest BCUT2D eigenvalue weighted by atomic mass is 79.9. The molecule has 3 aromatic rings. The van der Waals surface area contributed by atoms with E-state index in [0.29, 0.717) is 10.5 Å². The van der Waals surface area contributed by atoms with E-state index in [9.17, 15) is 23.5 Å². The molecule has 0 saturated carbocycles. The van der Waals surface area contributed by atoms with E-state index in [1.165, 1.54) is 12.1 Å². The molecule has 0 atom stereocenters. The largest absolute Gasteiger partial charge is 0.506 e. The third-order valence-corrected chi connectivity index (χ3v) is 3.74. The molecule has 0 bridgehead atoms. The van der Waals surface area contributed by atoms with E-state index in [2.05, 4.69) is 21.2 Å². The van der Waals surface area contributed by atoms with Crippen molar-refractivity contribution in [2.24, 2.45) is 0 Å². The first-order valence-corrected chi connectivity index (χ1v) is 7.38. The fraction of sp³-hybridized carbons (Fsp3) is 0. The fourth-order valence-corrected chi connectivity index (χ4v) is 2.47. The van der Waals surface area contributed by atoms with Crippen LogP contribution in [0.4, 0.5) is 14.5 Å². The summed E-state index contributed by atoms with van der Waals surface area (Å²) in [5, 5.41) is 12.4. The van der Waals surface area contributed by atoms with Gasteiger partial charge in [0.1, 0.15) is 23.0 Å². The zero-order chi connectivity index (χ0) is 17.4. The first-order chi connectivity index (χ1) is 11.4. The number of benzene rings is 2. The van der Waals surface area contributed by atoms with Crippen molar-refractivity contribution in [3.63, 3.8) is 0 Å². The number of anilines is 1. The van der Waals surface area contributed by atoms with Crippen LogP contribution in [-0.4, -0.2) is 11.0 Å². The lowest BCUT2D eigenvalue weighted by Crippen LogP contribution is -2.21. The van der Waals surface area contributed by atoms with Gasteiger partial charge in [-0.2, -0.15) is 0 Å². The Labute approximate surface area is 141 Å². The van der Waals surface area contributed by atoms with Gasteiger partial charge in [0.15, 0.2) is 5.56 Å². The van der Waals surface area contributed by atoms with Crippen LogP contribution in [0.2, 0.25) is 0 Å². The van der Waals surface area contributed by atoms with Gasteiger partial charge in [0, 0.05) is 10.5 Å².